The van der Waals surface area contributed by atoms with Gasteiger partial charge in [0, 0.05) is 13.1 Å². The van der Waals surface area contributed by atoms with Crippen molar-refractivity contribution in [2.75, 3.05) is 34.9 Å². The molecule has 126 valence electrons. The van der Waals surface area contributed by atoms with Gasteiger partial charge in [-0.3, -0.25) is 0 Å². The molecule has 0 bridgehead atoms. The number of anilines is 3. The zero-order valence-corrected chi connectivity index (χ0v) is 13.9. The molecule has 0 saturated carbocycles. The first-order valence-electron chi connectivity index (χ1n) is 7.97. The van der Waals surface area contributed by atoms with Crippen LogP contribution in [0.4, 0.5) is 17.1 Å². The van der Waals surface area contributed by atoms with Crippen LogP contribution in [-0.4, -0.2) is 40.8 Å². The molecule has 2 aliphatic rings. The van der Waals surface area contributed by atoms with Gasteiger partial charge >= 0.3 is 10.2 Å². The van der Waals surface area contributed by atoms with Gasteiger partial charge in [0.2, 0.25) is 0 Å². The second-order valence-electron chi connectivity index (χ2n) is 5.82. The van der Waals surface area contributed by atoms with Crippen molar-refractivity contribution >= 4 is 27.3 Å². The molecule has 0 spiro atoms. The molecular weight excluding hydrogens is 326 g/mol. The Morgan fingerprint density at radius 2 is 1.75 bits per heavy atom. The number of hydrogen-bond donors (Lipinski definition) is 1. The van der Waals surface area contributed by atoms with Gasteiger partial charge in [-0.15, -0.1) is 0 Å². The zero-order valence-electron chi connectivity index (χ0n) is 13.1. The molecule has 2 aromatic rings. The molecule has 1 fully saturated rings. The third-order valence-electron chi connectivity index (χ3n) is 4.24. The van der Waals surface area contributed by atoms with E-state index >= 15 is 0 Å². The van der Waals surface area contributed by atoms with Gasteiger partial charge in [-0.1, -0.05) is 30.3 Å². The monoisotopic (exact) mass is 345 g/mol. The number of hydrogen-bond acceptors (Lipinski definition) is 4. The number of nitrogens with zero attached hydrogens (tertiary/aromatic N) is 2. The minimum absolute atomic E-state index is 0.155. The molecule has 6 nitrogen and oxygen atoms in total. The Bertz CT molecular complexity index is 820. The number of para-hydroxylation sites is 3. The van der Waals surface area contributed by atoms with Crippen molar-refractivity contribution in [2.24, 2.45) is 0 Å². The number of morpholine rings is 1. The molecule has 1 atom stereocenters. The Labute approximate surface area is 141 Å². The highest BCUT2D eigenvalue weighted by molar-refractivity contribution is 7.95. The van der Waals surface area contributed by atoms with Gasteiger partial charge in [-0.2, -0.15) is 8.42 Å². The molecule has 2 aliphatic heterocycles. The summed E-state index contributed by atoms with van der Waals surface area (Å²) in [5, 5.41) is 3.24. The van der Waals surface area contributed by atoms with E-state index in [2.05, 4.69) is 5.32 Å². The molecule has 7 heteroatoms. The SMILES string of the molecule is O=S1(=O)N(C[C@@H]2CNCCO2)c2ccccc2N1c1ccccc1. The highest BCUT2D eigenvalue weighted by atomic mass is 32.2. The number of nitrogens with one attached hydrogen (secondary N) is 1. The van der Waals surface area contributed by atoms with Crippen LogP contribution >= 0.6 is 0 Å². The Kier molecular flexibility index (Phi) is 3.91. The lowest BCUT2D eigenvalue weighted by Crippen LogP contribution is -2.47. The molecule has 2 aromatic carbocycles. The molecule has 0 unspecified atom stereocenters. The lowest BCUT2D eigenvalue weighted by atomic mass is 10.2. The lowest BCUT2D eigenvalue weighted by Gasteiger charge is -2.28. The minimum atomic E-state index is -3.68. The van der Waals surface area contributed by atoms with Crippen molar-refractivity contribution in [2.45, 2.75) is 6.10 Å². The van der Waals surface area contributed by atoms with Crippen LogP contribution in [0.3, 0.4) is 0 Å². The first-order valence-corrected chi connectivity index (χ1v) is 9.37. The Hall–Kier alpha value is -2.09. The van der Waals surface area contributed by atoms with Crippen LogP contribution in [0.5, 0.6) is 0 Å². The molecule has 1 N–H and O–H groups in total. The van der Waals surface area contributed by atoms with E-state index < -0.39 is 10.2 Å². The first-order chi connectivity index (χ1) is 11.7. The topological polar surface area (TPSA) is 61.9 Å². The predicted molar refractivity (Wildman–Crippen MR) is 93.9 cm³/mol. The number of fused-ring (bicyclic) bond motifs is 1. The maximum absolute atomic E-state index is 13.2. The van der Waals surface area contributed by atoms with Crippen molar-refractivity contribution in [3.63, 3.8) is 0 Å². The Morgan fingerprint density at radius 1 is 1.04 bits per heavy atom. The third kappa shape index (κ3) is 2.54. The van der Waals surface area contributed by atoms with Crippen LogP contribution in [0.2, 0.25) is 0 Å². The Morgan fingerprint density at radius 3 is 2.46 bits per heavy atom. The van der Waals surface area contributed by atoms with Gasteiger partial charge in [0.05, 0.1) is 36.3 Å². The molecule has 0 aliphatic carbocycles. The van der Waals surface area contributed by atoms with Crippen molar-refractivity contribution in [1.82, 2.24) is 5.32 Å². The van der Waals surface area contributed by atoms with Crippen LogP contribution < -0.4 is 13.9 Å². The molecule has 2 heterocycles. The summed E-state index contributed by atoms with van der Waals surface area (Å²) in [6.07, 6.45) is -0.155. The van der Waals surface area contributed by atoms with E-state index in [0.29, 0.717) is 36.8 Å². The highest BCUT2D eigenvalue weighted by Gasteiger charge is 2.42. The first kappa shape index (κ1) is 15.4. The van der Waals surface area contributed by atoms with Crippen LogP contribution in [0.1, 0.15) is 0 Å². The van der Waals surface area contributed by atoms with E-state index in [9.17, 15) is 8.42 Å². The summed E-state index contributed by atoms with van der Waals surface area (Å²) < 4.78 is 35.0. The smallest absolute Gasteiger partial charge is 0.331 e. The van der Waals surface area contributed by atoms with Gasteiger partial charge in [-0.25, -0.2) is 8.61 Å². The van der Waals surface area contributed by atoms with E-state index in [-0.39, 0.29) is 6.10 Å². The highest BCUT2D eigenvalue weighted by Crippen LogP contribution is 2.45. The number of ether oxygens (including phenoxy) is 1. The van der Waals surface area contributed by atoms with Crippen molar-refractivity contribution in [3.8, 4) is 0 Å². The zero-order chi connectivity index (χ0) is 16.6. The molecule has 0 aromatic heterocycles. The average Bonchev–Trinajstić information content (AvgIpc) is 2.84. The Balaban J connectivity index is 1.75. The summed E-state index contributed by atoms with van der Waals surface area (Å²) in [7, 11) is -3.68. The average molecular weight is 345 g/mol. The molecule has 0 amide bonds. The fourth-order valence-electron chi connectivity index (χ4n) is 3.14. The van der Waals surface area contributed by atoms with Crippen molar-refractivity contribution in [3.05, 3.63) is 54.6 Å². The van der Waals surface area contributed by atoms with Crippen LogP contribution in [0.25, 0.3) is 0 Å². The fourth-order valence-corrected chi connectivity index (χ4v) is 4.89. The second-order valence-corrected chi connectivity index (χ2v) is 7.53. The van der Waals surface area contributed by atoms with E-state index in [0.717, 1.165) is 6.54 Å². The van der Waals surface area contributed by atoms with Gasteiger partial charge in [0.15, 0.2) is 0 Å². The molecule has 1 saturated heterocycles. The van der Waals surface area contributed by atoms with Crippen molar-refractivity contribution < 1.29 is 13.2 Å². The van der Waals surface area contributed by atoms with Gasteiger partial charge in [0.1, 0.15) is 0 Å². The third-order valence-corrected chi connectivity index (χ3v) is 6.01. The van der Waals surface area contributed by atoms with Gasteiger partial charge in [0.25, 0.3) is 0 Å². The van der Waals surface area contributed by atoms with Gasteiger partial charge < -0.3 is 10.1 Å². The fraction of sp³-hybridized carbons (Fsp3) is 0.294. The van der Waals surface area contributed by atoms with Crippen LogP contribution in [0, 0.1) is 0 Å². The molecule has 4 rings (SSSR count). The maximum atomic E-state index is 13.2. The van der Waals surface area contributed by atoms with Crippen molar-refractivity contribution in [1.29, 1.82) is 0 Å². The summed E-state index contributed by atoms with van der Waals surface area (Å²) in [4.78, 5) is 0. The summed E-state index contributed by atoms with van der Waals surface area (Å²) in [6.45, 7) is 2.35. The normalized spacial score (nSPS) is 22.4. The predicted octanol–water partition coefficient (Wildman–Crippen LogP) is 1.88. The quantitative estimate of drug-likeness (QED) is 0.923. The van der Waals surface area contributed by atoms with E-state index in [4.69, 9.17) is 4.74 Å². The largest absolute Gasteiger partial charge is 0.374 e. The summed E-state index contributed by atoms with van der Waals surface area (Å²) in [6, 6.07) is 16.5. The maximum Gasteiger partial charge on any atom is 0.331 e. The summed E-state index contributed by atoms with van der Waals surface area (Å²) >= 11 is 0. The lowest BCUT2D eigenvalue weighted by molar-refractivity contribution is 0.0353. The second kappa shape index (κ2) is 6.08. The summed E-state index contributed by atoms with van der Waals surface area (Å²) in [5.41, 5.74) is 2.00. The van der Waals surface area contributed by atoms with Crippen LogP contribution in [0.15, 0.2) is 54.6 Å². The van der Waals surface area contributed by atoms with Crippen LogP contribution in [-0.2, 0) is 14.9 Å². The summed E-state index contributed by atoms with van der Waals surface area (Å²) in [5.74, 6) is 0. The molecule has 0 radical (unpaired) electrons. The number of benzene rings is 2. The van der Waals surface area contributed by atoms with E-state index in [1.807, 2.05) is 42.5 Å². The molecular formula is C17H19N3O3S. The molecule has 24 heavy (non-hydrogen) atoms. The van der Waals surface area contributed by atoms with E-state index in [1.165, 1.54) is 8.61 Å². The number of rotatable bonds is 3. The van der Waals surface area contributed by atoms with Gasteiger partial charge in [-0.05, 0) is 24.3 Å². The standard InChI is InChI=1S/C17H19N3O3S/c21-24(22)19(13-15-12-18-10-11-23-15)16-8-4-5-9-17(16)20(24)14-6-2-1-3-7-14/h1-9,15,18H,10-13H2/t15-/m0/s1. The minimum Gasteiger partial charge on any atom is -0.374 e. The van der Waals surface area contributed by atoms with E-state index in [1.54, 1.807) is 12.1 Å².